The molecule has 0 aliphatic heterocycles. The van der Waals surface area contributed by atoms with Gasteiger partial charge in [0.05, 0.1) is 5.92 Å². The molecule has 2 aliphatic carbocycles. The second-order valence-electron chi connectivity index (χ2n) is 6.69. The van der Waals surface area contributed by atoms with Crippen molar-refractivity contribution >= 4 is 11.9 Å². The third kappa shape index (κ3) is 3.67. The fourth-order valence-electron chi connectivity index (χ4n) is 3.45. The number of benzene rings is 1. The molecule has 2 N–H and O–H groups in total. The first kappa shape index (κ1) is 15.1. The van der Waals surface area contributed by atoms with Gasteiger partial charge in [-0.25, -0.2) is 0 Å². The van der Waals surface area contributed by atoms with Gasteiger partial charge in [-0.3, -0.25) is 9.59 Å². The molecule has 0 spiro atoms. The molecule has 22 heavy (non-hydrogen) atoms. The summed E-state index contributed by atoms with van der Waals surface area (Å²) in [6.45, 7) is 0. The molecule has 0 aromatic heterocycles. The normalized spacial score (nSPS) is 25.6. The lowest BCUT2D eigenvalue weighted by Gasteiger charge is -2.21. The number of carbonyl (C=O) groups is 2. The number of carboxylic acids is 1. The smallest absolute Gasteiger partial charge is 0.306 e. The van der Waals surface area contributed by atoms with Gasteiger partial charge in [0.2, 0.25) is 5.91 Å². The van der Waals surface area contributed by atoms with Crippen LogP contribution in [0.1, 0.15) is 37.7 Å². The molecule has 0 saturated heterocycles. The average Bonchev–Trinajstić information content (AvgIpc) is 3.23. The molecule has 1 aromatic rings. The zero-order chi connectivity index (χ0) is 15.5. The van der Waals surface area contributed by atoms with E-state index in [9.17, 15) is 9.59 Å². The molecule has 2 fully saturated rings. The van der Waals surface area contributed by atoms with E-state index in [0.717, 1.165) is 6.42 Å². The maximum absolute atomic E-state index is 12.4. The van der Waals surface area contributed by atoms with E-state index in [1.54, 1.807) is 0 Å². The van der Waals surface area contributed by atoms with Crippen molar-refractivity contribution < 1.29 is 14.7 Å². The maximum Gasteiger partial charge on any atom is 0.306 e. The number of carboxylic acid groups (broad SMARTS) is 1. The molecule has 3 atom stereocenters. The lowest BCUT2D eigenvalue weighted by Crippen LogP contribution is -2.41. The van der Waals surface area contributed by atoms with Gasteiger partial charge in [0, 0.05) is 12.0 Å². The maximum atomic E-state index is 12.4. The molecule has 2 saturated carbocycles. The fourth-order valence-corrected chi connectivity index (χ4v) is 3.45. The van der Waals surface area contributed by atoms with Crippen LogP contribution in [-0.2, 0) is 16.0 Å². The second kappa shape index (κ2) is 6.51. The van der Waals surface area contributed by atoms with Crippen molar-refractivity contribution in [2.24, 2.45) is 17.8 Å². The monoisotopic (exact) mass is 301 g/mol. The van der Waals surface area contributed by atoms with Crippen LogP contribution >= 0.6 is 0 Å². The quantitative estimate of drug-likeness (QED) is 0.849. The molecule has 4 nitrogen and oxygen atoms in total. The van der Waals surface area contributed by atoms with Crippen molar-refractivity contribution in [3.05, 3.63) is 35.9 Å². The molecule has 3 rings (SSSR count). The van der Waals surface area contributed by atoms with E-state index in [4.69, 9.17) is 5.11 Å². The Kier molecular flexibility index (Phi) is 4.46. The summed E-state index contributed by atoms with van der Waals surface area (Å²) in [5.74, 6) is -0.599. The van der Waals surface area contributed by atoms with E-state index in [0.29, 0.717) is 25.2 Å². The molecule has 0 bridgehead atoms. The zero-order valence-corrected chi connectivity index (χ0v) is 12.7. The topological polar surface area (TPSA) is 66.4 Å². The predicted molar refractivity (Wildman–Crippen MR) is 83.3 cm³/mol. The highest BCUT2D eigenvalue weighted by Crippen LogP contribution is 2.35. The van der Waals surface area contributed by atoms with E-state index in [2.05, 4.69) is 17.4 Å². The van der Waals surface area contributed by atoms with Gasteiger partial charge in [-0.15, -0.1) is 0 Å². The summed E-state index contributed by atoms with van der Waals surface area (Å²) >= 11 is 0. The molecule has 1 aromatic carbocycles. The summed E-state index contributed by atoms with van der Waals surface area (Å²) in [5.41, 5.74) is 1.24. The molecule has 118 valence electrons. The first-order valence-corrected chi connectivity index (χ1v) is 8.20. The summed E-state index contributed by atoms with van der Waals surface area (Å²) in [6, 6.07) is 10.4. The lowest BCUT2D eigenvalue weighted by atomic mass is 9.99. The SMILES string of the molecule is O=C(O)[C@@H]1CC[C@H](C(=O)NC(Cc2ccccc2)C2CC2)C1. The summed E-state index contributed by atoms with van der Waals surface area (Å²) in [6.07, 6.45) is 5.04. The van der Waals surface area contributed by atoms with Gasteiger partial charge in [0.25, 0.3) is 0 Å². The van der Waals surface area contributed by atoms with Crippen molar-refractivity contribution in [2.45, 2.75) is 44.6 Å². The van der Waals surface area contributed by atoms with Crippen LogP contribution < -0.4 is 5.32 Å². The van der Waals surface area contributed by atoms with Gasteiger partial charge < -0.3 is 10.4 Å². The standard InChI is InChI=1S/C18H23NO3/c20-17(14-8-9-15(11-14)18(21)22)19-16(13-6-7-13)10-12-4-2-1-3-5-12/h1-5,13-16H,6-11H2,(H,19,20)(H,21,22)/t14-,15+,16?/m0/s1. The van der Waals surface area contributed by atoms with Crippen LogP contribution in [0.4, 0.5) is 0 Å². The van der Waals surface area contributed by atoms with E-state index in [1.807, 2.05) is 18.2 Å². The Bertz CT molecular complexity index is 539. The van der Waals surface area contributed by atoms with Crippen LogP contribution in [0.2, 0.25) is 0 Å². The molecule has 1 amide bonds. The number of amides is 1. The summed E-state index contributed by atoms with van der Waals surface area (Å²) in [4.78, 5) is 23.5. The van der Waals surface area contributed by atoms with Gasteiger partial charge in [0.1, 0.15) is 0 Å². The number of hydrogen-bond acceptors (Lipinski definition) is 2. The summed E-state index contributed by atoms with van der Waals surface area (Å²) in [5, 5.41) is 12.3. The summed E-state index contributed by atoms with van der Waals surface area (Å²) in [7, 11) is 0. The molecule has 2 aliphatic rings. The lowest BCUT2D eigenvalue weighted by molar-refractivity contribution is -0.141. The minimum atomic E-state index is -0.765. The fraction of sp³-hybridized carbons (Fsp3) is 0.556. The van der Waals surface area contributed by atoms with Crippen LogP contribution in [0.5, 0.6) is 0 Å². The predicted octanol–water partition coefficient (Wildman–Crippen LogP) is 2.62. The van der Waals surface area contributed by atoms with Gasteiger partial charge in [0.15, 0.2) is 0 Å². The molecular formula is C18H23NO3. The summed E-state index contributed by atoms with van der Waals surface area (Å²) < 4.78 is 0. The zero-order valence-electron chi connectivity index (χ0n) is 12.7. The Balaban J connectivity index is 1.57. The first-order chi connectivity index (χ1) is 10.6. The molecular weight excluding hydrogens is 278 g/mol. The van der Waals surface area contributed by atoms with E-state index >= 15 is 0 Å². The number of aliphatic carboxylic acids is 1. The number of rotatable bonds is 6. The highest BCUT2D eigenvalue weighted by molar-refractivity contribution is 5.81. The Morgan fingerprint density at radius 1 is 1.09 bits per heavy atom. The van der Waals surface area contributed by atoms with Crippen molar-refractivity contribution in [3.8, 4) is 0 Å². The van der Waals surface area contributed by atoms with Gasteiger partial charge in [-0.2, -0.15) is 0 Å². The highest BCUT2D eigenvalue weighted by atomic mass is 16.4. The second-order valence-corrected chi connectivity index (χ2v) is 6.69. The number of nitrogens with one attached hydrogen (secondary N) is 1. The van der Waals surface area contributed by atoms with Crippen LogP contribution in [0.25, 0.3) is 0 Å². The minimum Gasteiger partial charge on any atom is -0.481 e. The van der Waals surface area contributed by atoms with Crippen LogP contribution in [0.3, 0.4) is 0 Å². The van der Waals surface area contributed by atoms with Crippen LogP contribution in [-0.4, -0.2) is 23.0 Å². The van der Waals surface area contributed by atoms with E-state index in [1.165, 1.54) is 18.4 Å². The Labute approximate surface area is 130 Å². The Morgan fingerprint density at radius 3 is 2.36 bits per heavy atom. The largest absolute Gasteiger partial charge is 0.481 e. The first-order valence-electron chi connectivity index (χ1n) is 8.20. The third-order valence-electron chi connectivity index (χ3n) is 4.97. The van der Waals surface area contributed by atoms with E-state index < -0.39 is 5.97 Å². The van der Waals surface area contributed by atoms with Crippen molar-refractivity contribution in [1.29, 1.82) is 0 Å². The van der Waals surface area contributed by atoms with Crippen molar-refractivity contribution in [2.75, 3.05) is 0 Å². The van der Waals surface area contributed by atoms with Crippen molar-refractivity contribution in [1.82, 2.24) is 5.32 Å². The van der Waals surface area contributed by atoms with Crippen LogP contribution in [0.15, 0.2) is 30.3 Å². The Morgan fingerprint density at radius 2 is 1.77 bits per heavy atom. The van der Waals surface area contributed by atoms with Crippen molar-refractivity contribution in [3.63, 3.8) is 0 Å². The highest BCUT2D eigenvalue weighted by Gasteiger charge is 2.37. The van der Waals surface area contributed by atoms with Crippen LogP contribution in [0, 0.1) is 17.8 Å². The van der Waals surface area contributed by atoms with Gasteiger partial charge in [-0.1, -0.05) is 30.3 Å². The van der Waals surface area contributed by atoms with Gasteiger partial charge >= 0.3 is 5.97 Å². The number of carbonyl (C=O) groups excluding carboxylic acids is 1. The molecule has 0 heterocycles. The van der Waals surface area contributed by atoms with Gasteiger partial charge in [-0.05, 0) is 50.0 Å². The molecule has 0 radical (unpaired) electrons. The average molecular weight is 301 g/mol. The third-order valence-corrected chi connectivity index (χ3v) is 4.97. The molecule has 4 heteroatoms. The number of hydrogen-bond donors (Lipinski definition) is 2. The molecule has 1 unspecified atom stereocenters. The Hall–Kier alpha value is -1.84. The minimum absolute atomic E-state index is 0.0524. The van der Waals surface area contributed by atoms with E-state index in [-0.39, 0.29) is 23.8 Å².